The van der Waals surface area contributed by atoms with Crippen molar-refractivity contribution in [2.75, 3.05) is 0 Å². The van der Waals surface area contributed by atoms with E-state index in [0.717, 1.165) is 19.3 Å². The van der Waals surface area contributed by atoms with Gasteiger partial charge in [-0.05, 0) is 41.7 Å². The molecule has 3 N–H and O–H groups in total. The summed E-state index contributed by atoms with van der Waals surface area (Å²) in [5.74, 6) is -0.0122. The van der Waals surface area contributed by atoms with Gasteiger partial charge in [0.2, 0.25) is 5.91 Å². The lowest BCUT2D eigenvalue weighted by molar-refractivity contribution is -0.131. The summed E-state index contributed by atoms with van der Waals surface area (Å²) in [6.07, 6.45) is 2.61. The van der Waals surface area contributed by atoms with Gasteiger partial charge in [-0.1, -0.05) is 18.6 Å². The van der Waals surface area contributed by atoms with Gasteiger partial charge in [0.05, 0.1) is 10.4 Å². The van der Waals surface area contributed by atoms with Gasteiger partial charge in [-0.3, -0.25) is 4.79 Å². The van der Waals surface area contributed by atoms with Crippen molar-refractivity contribution in [3.05, 3.63) is 21.9 Å². The molecule has 17 heavy (non-hydrogen) atoms. The molecule has 1 saturated carbocycles. The molecule has 0 saturated heterocycles. The summed E-state index contributed by atoms with van der Waals surface area (Å²) < 4.78 is 0. The molecule has 0 radical (unpaired) electrons. The Bertz CT molecular complexity index is 449. The maximum absolute atomic E-state index is 12.1. The summed E-state index contributed by atoms with van der Waals surface area (Å²) >= 11 is 6.67. The second-order valence-corrected chi connectivity index (χ2v) is 5.75. The minimum absolute atomic E-state index is 0.0122. The van der Waals surface area contributed by atoms with Crippen molar-refractivity contribution in [1.82, 2.24) is 5.32 Å². The van der Waals surface area contributed by atoms with E-state index in [9.17, 15) is 4.79 Å². The zero-order valence-corrected chi connectivity index (χ0v) is 11.4. The summed E-state index contributed by atoms with van der Waals surface area (Å²) in [7, 11) is 0. The largest absolute Gasteiger partial charge is 0.392 e. The quantitative estimate of drug-likeness (QED) is 0.823. The first kappa shape index (κ1) is 12.5. The topological polar surface area (TPSA) is 55.1 Å². The van der Waals surface area contributed by atoms with Crippen LogP contribution in [0.3, 0.4) is 0 Å². The Kier molecular flexibility index (Phi) is 3.49. The minimum atomic E-state index is -0.570. The zero-order chi connectivity index (χ0) is 12.5. The van der Waals surface area contributed by atoms with Crippen LogP contribution in [0, 0.1) is 12.3 Å². The van der Waals surface area contributed by atoms with Crippen molar-refractivity contribution in [2.45, 2.75) is 32.7 Å². The highest BCUT2D eigenvalue weighted by atomic mass is 32.1. The molecule has 1 fully saturated rings. The highest BCUT2D eigenvalue weighted by Gasteiger charge is 2.46. The molecule has 5 heteroatoms. The van der Waals surface area contributed by atoms with E-state index in [0.29, 0.717) is 11.5 Å². The number of carbonyl (C=O) groups is 1. The Hall–Kier alpha value is -0.940. The summed E-state index contributed by atoms with van der Waals surface area (Å²) in [5.41, 5.74) is 7.50. The van der Waals surface area contributed by atoms with E-state index < -0.39 is 5.41 Å². The number of rotatable bonds is 4. The van der Waals surface area contributed by atoms with Gasteiger partial charge in [0.15, 0.2) is 0 Å². The smallest absolute Gasteiger partial charge is 0.233 e. The van der Waals surface area contributed by atoms with Gasteiger partial charge in [0.25, 0.3) is 0 Å². The Morgan fingerprint density at radius 3 is 2.71 bits per heavy atom. The van der Waals surface area contributed by atoms with Gasteiger partial charge in [-0.25, -0.2) is 0 Å². The highest BCUT2D eigenvalue weighted by molar-refractivity contribution is 7.80. The van der Waals surface area contributed by atoms with Crippen LogP contribution in [0.15, 0.2) is 10.8 Å². The second-order valence-electron chi connectivity index (χ2n) is 4.56. The molecule has 1 heterocycles. The third kappa shape index (κ3) is 2.21. The van der Waals surface area contributed by atoms with Crippen LogP contribution >= 0.6 is 23.6 Å². The predicted molar refractivity (Wildman–Crippen MR) is 74.0 cm³/mol. The van der Waals surface area contributed by atoms with Crippen molar-refractivity contribution in [2.24, 2.45) is 11.1 Å². The Morgan fingerprint density at radius 1 is 1.59 bits per heavy atom. The minimum Gasteiger partial charge on any atom is -0.392 e. The molecular formula is C12H16N2OS2. The van der Waals surface area contributed by atoms with Crippen molar-refractivity contribution in [3.8, 4) is 0 Å². The summed E-state index contributed by atoms with van der Waals surface area (Å²) in [6, 6.07) is 0. The maximum atomic E-state index is 12.1. The van der Waals surface area contributed by atoms with E-state index in [1.54, 1.807) is 11.3 Å². The van der Waals surface area contributed by atoms with Gasteiger partial charge in [0, 0.05) is 6.54 Å². The fourth-order valence-corrected chi connectivity index (χ4v) is 3.18. The zero-order valence-electron chi connectivity index (χ0n) is 9.79. The maximum Gasteiger partial charge on any atom is 0.233 e. The van der Waals surface area contributed by atoms with Crippen LogP contribution in [-0.2, 0) is 11.3 Å². The Morgan fingerprint density at radius 2 is 2.29 bits per heavy atom. The average Bonchev–Trinajstić information content (AvgIpc) is 2.58. The number of hydrogen-bond acceptors (Lipinski definition) is 3. The number of thiophene rings is 1. The summed E-state index contributed by atoms with van der Waals surface area (Å²) in [6.45, 7) is 2.61. The molecule has 0 spiro atoms. The molecule has 0 aromatic carbocycles. The first-order valence-corrected chi connectivity index (χ1v) is 7.01. The first-order valence-electron chi connectivity index (χ1n) is 5.66. The van der Waals surface area contributed by atoms with Gasteiger partial charge < -0.3 is 11.1 Å². The monoisotopic (exact) mass is 268 g/mol. The highest BCUT2D eigenvalue weighted by Crippen LogP contribution is 2.41. The number of carbonyl (C=O) groups excluding carboxylic acids is 1. The third-order valence-electron chi connectivity index (χ3n) is 3.51. The SMILES string of the molecule is Cc1cscc1CNC(=O)C1(C(N)=S)CCC1. The third-order valence-corrected chi connectivity index (χ3v) is 4.82. The van der Waals surface area contributed by atoms with Gasteiger partial charge in [0.1, 0.15) is 0 Å². The second kappa shape index (κ2) is 4.74. The molecule has 92 valence electrons. The van der Waals surface area contributed by atoms with Gasteiger partial charge in [-0.2, -0.15) is 11.3 Å². The molecule has 0 unspecified atom stereocenters. The number of amides is 1. The van der Waals surface area contributed by atoms with E-state index in [2.05, 4.69) is 16.1 Å². The van der Waals surface area contributed by atoms with Crippen LogP contribution in [0.4, 0.5) is 0 Å². The fraction of sp³-hybridized carbons (Fsp3) is 0.500. The van der Waals surface area contributed by atoms with E-state index in [1.165, 1.54) is 11.1 Å². The van der Waals surface area contributed by atoms with Crippen LogP contribution in [0.25, 0.3) is 0 Å². The number of hydrogen-bond donors (Lipinski definition) is 2. The van der Waals surface area contributed by atoms with Crippen LogP contribution in [0.2, 0.25) is 0 Å². The number of nitrogens with one attached hydrogen (secondary N) is 1. The molecule has 2 rings (SSSR count). The van der Waals surface area contributed by atoms with Crippen LogP contribution in [0.1, 0.15) is 30.4 Å². The first-order chi connectivity index (χ1) is 8.06. The molecule has 1 aromatic rings. The van der Waals surface area contributed by atoms with Gasteiger partial charge >= 0.3 is 0 Å². The molecule has 1 aliphatic rings. The normalized spacial score (nSPS) is 17.2. The lowest BCUT2D eigenvalue weighted by Crippen LogP contribution is -2.52. The van der Waals surface area contributed by atoms with Crippen molar-refractivity contribution < 1.29 is 4.79 Å². The molecule has 0 aliphatic heterocycles. The molecule has 0 atom stereocenters. The number of aryl methyl sites for hydroxylation is 1. The standard InChI is InChI=1S/C12H16N2OS2/c1-8-6-17-7-9(8)5-14-11(15)12(10(13)16)3-2-4-12/h6-7H,2-5H2,1H3,(H2,13,16)(H,14,15). The molecule has 1 aliphatic carbocycles. The predicted octanol–water partition coefficient (Wildman–Crippen LogP) is 2.13. The molecule has 0 bridgehead atoms. The van der Waals surface area contributed by atoms with E-state index in [-0.39, 0.29) is 5.91 Å². The lowest BCUT2D eigenvalue weighted by Gasteiger charge is -2.39. The summed E-state index contributed by atoms with van der Waals surface area (Å²) in [5, 5.41) is 7.09. The molecule has 1 amide bonds. The fourth-order valence-electron chi connectivity index (χ4n) is 2.03. The van der Waals surface area contributed by atoms with E-state index >= 15 is 0 Å². The van der Waals surface area contributed by atoms with E-state index in [1.807, 2.05) is 6.92 Å². The molecular weight excluding hydrogens is 252 g/mol. The molecule has 3 nitrogen and oxygen atoms in total. The van der Waals surface area contributed by atoms with Crippen molar-refractivity contribution in [1.29, 1.82) is 0 Å². The van der Waals surface area contributed by atoms with Gasteiger partial charge in [-0.15, -0.1) is 0 Å². The number of thiocarbonyl (C=S) groups is 1. The summed E-state index contributed by atoms with van der Waals surface area (Å²) in [4.78, 5) is 12.5. The van der Waals surface area contributed by atoms with Crippen molar-refractivity contribution >= 4 is 34.5 Å². The van der Waals surface area contributed by atoms with Crippen LogP contribution in [0.5, 0.6) is 0 Å². The van der Waals surface area contributed by atoms with Crippen molar-refractivity contribution in [3.63, 3.8) is 0 Å². The Labute approximate surface area is 110 Å². The average molecular weight is 268 g/mol. The lowest BCUT2D eigenvalue weighted by atomic mass is 9.68. The number of nitrogens with two attached hydrogens (primary N) is 1. The van der Waals surface area contributed by atoms with E-state index in [4.69, 9.17) is 18.0 Å². The van der Waals surface area contributed by atoms with Crippen LogP contribution < -0.4 is 11.1 Å². The van der Waals surface area contributed by atoms with Crippen LogP contribution in [-0.4, -0.2) is 10.9 Å². The molecule has 1 aromatic heterocycles. The Balaban J connectivity index is 1.98.